The third kappa shape index (κ3) is 35.0. The predicted molar refractivity (Wildman–Crippen MR) is 287 cm³/mol. The second-order valence-electron chi connectivity index (χ2n) is 19.0. The van der Waals surface area contributed by atoms with Crippen molar-refractivity contribution in [2.45, 2.75) is 262 Å². The number of carbonyl (C=O) groups is 2. The molecule has 8 atom stereocenters. The second-order valence-corrected chi connectivity index (χ2v) is 19.0. The molecule has 0 spiro atoms. The van der Waals surface area contributed by atoms with Crippen molar-refractivity contribution in [2.75, 3.05) is 13.2 Å². The fraction of sp³-hybridized carbons (Fsp3) is 0.729. The number of allylic oxidation sites excluding steroid dienone is 13. The normalized spacial score (nSPS) is 20.4. The Labute approximate surface area is 425 Å². The largest absolute Gasteiger partial charge is 0.454 e. The van der Waals surface area contributed by atoms with E-state index in [1.807, 2.05) is 30.4 Å². The molecule has 0 aromatic rings. The quantitative estimate of drug-likeness (QED) is 0.0149. The van der Waals surface area contributed by atoms with E-state index < -0.39 is 67.4 Å². The van der Waals surface area contributed by atoms with Crippen LogP contribution in [-0.2, 0) is 23.8 Å². The zero-order valence-electron chi connectivity index (χ0n) is 44.1. The molecular weight excluding hydrogens is 883 g/mol. The van der Waals surface area contributed by atoms with Crippen LogP contribution in [0, 0.1) is 0 Å². The molecule has 1 saturated heterocycles. The minimum absolute atomic E-state index is 0.0914. The smallest absolute Gasteiger partial charge is 0.306 e. The number of aliphatic hydroxyl groups is 5. The number of esters is 1. The molecule has 0 bridgehead atoms. The highest BCUT2D eigenvalue weighted by molar-refractivity contribution is 5.80. The number of aliphatic hydroxyl groups excluding tert-OH is 5. The lowest BCUT2D eigenvalue weighted by Crippen LogP contribution is -2.61. The lowest BCUT2D eigenvalue weighted by molar-refractivity contribution is -0.305. The Morgan fingerprint density at radius 1 is 0.586 bits per heavy atom. The van der Waals surface area contributed by atoms with Crippen LogP contribution in [0.5, 0.6) is 0 Å². The maximum absolute atomic E-state index is 13.3. The van der Waals surface area contributed by atoms with Crippen LogP contribution in [0.4, 0.5) is 0 Å². The summed E-state index contributed by atoms with van der Waals surface area (Å²) in [5.74, 6) is -1.25. The second kappa shape index (κ2) is 46.9. The predicted octanol–water partition coefficient (Wildman–Crippen LogP) is 12.2. The molecule has 1 aliphatic rings. The summed E-state index contributed by atoms with van der Waals surface area (Å²) < 4.78 is 17.5. The fourth-order valence-corrected chi connectivity index (χ4v) is 8.13. The van der Waals surface area contributed by atoms with E-state index in [2.05, 4.69) is 74.7 Å². The first-order valence-electron chi connectivity index (χ1n) is 27.9. The van der Waals surface area contributed by atoms with Crippen LogP contribution in [0.15, 0.2) is 85.1 Å². The maximum atomic E-state index is 13.3. The zero-order valence-corrected chi connectivity index (χ0v) is 44.1. The van der Waals surface area contributed by atoms with Crippen molar-refractivity contribution in [2.24, 2.45) is 0 Å². The summed E-state index contributed by atoms with van der Waals surface area (Å²) in [5.41, 5.74) is 0. The van der Waals surface area contributed by atoms with E-state index in [0.29, 0.717) is 12.8 Å². The van der Waals surface area contributed by atoms with E-state index in [-0.39, 0.29) is 19.4 Å². The molecule has 0 aromatic carbocycles. The third-order valence-corrected chi connectivity index (χ3v) is 12.6. The minimum Gasteiger partial charge on any atom is -0.454 e. The van der Waals surface area contributed by atoms with Crippen LogP contribution in [-0.4, -0.2) is 99.6 Å². The minimum atomic E-state index is -1.63. The molecule has 11 heteroatoms. The standard InChI is InChI=1S/C59H101NO10/c1-4-7-10-13-16-19-22-25-26-27-28-29-32-35-38-41-44-47-54(64)70-57-56(66)55(65)53(48-61)69-59(57)68-49-50(51(62)45-42-39-36-33-30-23-20-17-14-11-8-5-2)60-58(67)52(63)46-43-40-37-34-31-24-21-18-15-12-9-6-3/h9,12,15-16,18-19,21,24-26,28-29,42,45,50-53,55-57,59,61-63,65-66H,4-8,10-11,13-14,17,20,22-23,27,30-41,43-44,46-49H2,1-3H3,(H,60,67)/b12-9+,18-15+,19-16-,24-21-,26-25-,29-28-,45-42+. The van der Waals surface area contributed by atoms with Gasteiger partial charge in [-0.05, 0) is 83.5 Å². The molecule has 1 heterocycles. The van der Waals surface area contributed by atoms with Gasteiger partial charge in [0.05, 0.1) is 25.4 Å². The van der Waals surface area contributed by atoms with Gasteiger partial charge in [0, 0.05) is 6.42 Å². The van der Waals surface area contributed by atoms with Gasteiger partial charge >= 0.3 is 5.97 Å². The highest BCUT2D eigenvalue weighted by Gasteiger charge is 2.47. The Kier molecular flexibility index (Phi) is 43.4. The average Bonchev–Trinajstić information content (AvgIpc) is 3.36. The highest BCUT2D eigenvalue weighted by Crippen LogP contribution is 2.26. The summed E-state index contributed by atoms with van der Waals surface area (Å²) in [4.78, 5) is 26.4. The molecule has 11 nitrogen and oxygen atoms in total. The van der Waals surface area contributed by atoms with Crippen LogP contribution in [0.1, 0.15) is 213 Å². The SMILES string of the molecule is CC/C=C/C=C/C=C\CCCCCCC(O)C(=O)NC(COC1OC(CO)C(O)C(O)C1OC(=O)CCCCCC/C=C\C/C=C\C/C=C\CCCCC)C(O)/C=C/CCCCCCCCCCCC. The van der Waals surface area contributed by atoms with Gasteiger partial charge in [0.1, 0.15) is 24.4 Å². The summed E-state index contributed by atoms with van der Waals surface area (Å²) in [6.07, 6.45) is 49.1. The molecule has 0 aromatic heterocycles. The lowest BCUT2D eigenvalue weighted by atomic mass is 9.99. The summed E-state index contributed by atoms with van der Waals surface area (Å²) in [6.45, 7) is 5.57. The number of nitrogens with one attached hydrogen (secondary N) is 1. The van der Waals surface area contributed by atoms with Gasteiger partial charge in [-0.15, -0.1) is 0 Å². The molecule has 0 saturated carbocycles. The van der Waals surface area contributed by atoms with Gasteiger partial charge in [0.2, 0.25) is 5.91 Å². The molecule has 1 fully saturated rings. The average molecular weight is 984 g/mol. The first-order chi connectivity index (χ1) is 34.2. The summed E-state index contributed by atoms with van der Waals surface area (Å²) in [6, 6.07) is -1.04. The number of carbonyl (C=O) groups excluding carboxylic acids is 2. The summed E-state index contributed by atoms with van der Waals surface area (Å²) >= 11 is 0. The van der Waals surface area contributed by atoms with Crippen molar-refractivity contribution in [3.05, 3.63) is 85.1 Å². The van der Waals surface area contributed by atoms with E-state index in [0.717, 1.165) is 103 Å². The van der Waals surface area contributed by atoms with E-state index in [1.54, 1.807) is 6.08 Å². The van der Waals surface area contributed by atoms with E-state index >= 15 is 0 Å². The molecule has 1 amide bonds. The molecule has 0 aliphatic carbocycles. The van der Waals surface area contributed by atoms with Gasteiger partial charge in [0.25, 0.3) is 0 Å². The van der Waals surface area contributed by atoms with Crippen LogP contribution < -0.4 is 5.32 Å². The Morgan fingerprint density at radius 2 is 1.09 bits per heavy atom. The molecule has 8 unspecified atom stereocenters. The number of hydrogen-bond acceptors (Lipinski definition) is 10. The topological polar surface area (TPSA) is 175 Å². The number of hydrogen-bond donors (Lipinski definition) is 6. The Hall–Kier alpha value is -3.16. The van der Waals surface area contributed by atoms with Crippen molar-refractivity contribution in [1.82, 2.24) is 5.32 Å². The number of unbranched alkanes of at least 4 members (excludes halogenated alkanes) is 21. The molecule has 70 heavy (non-hydrogen) atoms. The van der Waals surface area contributed by atoms with Gasteiger partial charge in [-0.1, -0.05) is 209 Å². The maximum Gasteiger partial charge on any atom is 0.306 e. The molecule has 0 radical (unpaired) electrons. The van der Waals surface area contributed by atoms with Crippen molar-refractivity contribution in [3.8, 4) is 0 Å². The first kappa shape index (κ1) is 64.9. The van der Waals surface area contributed by atoms with Gasteiger partial charge in [-0.2, -0.15) is 0 Å². The van der Waals surface area contributed by atoms with E-state index in [1.165, 1.54) is 64.2 Å². The van der Waals surface area contributed by atoms with Crippen molar-refractivity contribution < 1.29 is 49.3 Å². The number of rotatable bonds is 45. The summed E-state index contributed by atoms with van der Waals surface area (Å²) in [5, 5.41) is 56.7. The monoisotopic (exact) mass is 984 g/mol. The van der Waals surface area contributed by atoms with Gasteiger partial charge < -0.3 is 45.1 Å². The Balaban J connectivity index is 2.77. The molecular formula is C59H101NO10. The van der Waals surface area contributed by atoms with Crippen molar-refractivity contribution in [3.63, 3.8) is 0 Å². The van der Waals surface area contributed by atoms with Crippen LogP contribution in [0.2, 0.25) is 0 Å². The summed E-state index contributed by atoms with van der Waals surface area (Å²) in [7, 11) is 0. The Bertz CT molecular complexity index is 1460. The highest BCUT2D eigenvalue weighted by atomic mass is 16.7. The van der Waals surface area contributed by atoms with Crippen molar-refractivity contribution >= 4 is 11.9 Å². The lowest BCUT2D eigenvalue weighted by Gasteiger charge is -2.41. The van der Waals surface area contributed by atoms with Crippen LogP contribution in [0.25, 0.3) is 0 Å². The molecule has 402 valence electrons. The van der Waals surface area contributed by atoms with Crippen LogP contribution >= 0.6 is 0 Å². The fourth-order valence-electron chi connectivity index (χ4n) is 8.13. The van der Waals surface area contributed by atoms with E-state index in [4.69, 9.17) is 14.2 Å². The van der Waals surface area contributed by atoms with Gasteiger partial charge in [0.15, 0.2) is 12.4 Å². The molecule has 1 aliphatic heterocycles. The van der Waals surface area contributed by atoms with Gasteiger partial charge in [-0.3, -0.25) is 9.59 Å². The van der Waals surface area contributed by atoms with Crippen LogP contribution in [0.3, 0.4) is 0 Å². The third-order valence-electron chi connectivity index (χ3n) is 12.6. The van der Waals surface area contributed by atoms with Crippen molar-refractivity contribution in [1.29, 1.82) is 0 Å². The van der Waals surface area contributed by atoms with E-state index in [9.17, 15) is 35.1 Å². The first-order valence-corrected chi connectivity index (χ1v) is 27.9. The zero-order chi connectivity index (χ0) is 51.1. The van der Waals surface area contributed by atoms with Gasteiger partial charge in [-0.25, -0.2) is 0 Å². The number of amides is 1. The molecule has 1 rings (SSSR count). The Morgan fingerprint density at radius 3 is 1.69 bits per heavy atom. The number of ether oxygens (including phenoxy) is 3. The molecule has 6 N–H and O–H groups in total.